The first kappa shape index (κ1) is 15.4. The van der Waals surface area contributed by atoms with Gasteiger partial charge in [-0.25, -0.2) is 8.78 Å². The Bertz CT molecular complexity index is 595. The van der Waals surface area contributed by atoms with Crippen LogP contribution in [0.3, 0.4) is 0 Å². The van der Waals surface area contributed by atoms with Gasteiger partial charge in [0.25, 0.3) is 0 Å². The molecule has 0 aliphatic rings. The van der Waals surface area contributed by atoms with Crippen molar-refractivity contribution in [1.29, 1.82) is 0 Å². The molecular formula is C17H19F2NO. The van der Waals surface area contributed by atoms with E-state index < -0.39 is 11.6 Å². The molecule has 0 saturated heterocycles. The van der Waals surface area contributed by atoms with Crippen LogP contribution < -0.4 is 10.1 Å². The molecule has 2 nitrogen and oxygen atoms in total. The van der Waals surface area contributed by atoms with Crippen LogP contribution in [0.4, 0.5) is 8.78 Å². The molecule has 0 aliphatic heterocycles. The number of benzene rings is 2. The minimum Gasteiger partial charge on any atom is -0.496 e. The van der Waals surface area contributed by atoms with Crippen molar-refractivity contribution in [2.45, 2.75) is 25.9 Å². The summed E-state index contributed by atoms with van der Waals surface area (Å²) in [6.45, 7) is 3.87. The number of halogens is 2. The van der Waals surface area contributed by atoms with Crippen molar-refractivity contribution < 1.29 is 13.5 Å². The number of methoxy groups -OCH3 is 1. The molecule has 2 aromatic rings. The van der Waals surface area contributed by atoms with E-state index in [1.54, 1.807) is 7.11 Å². The van der Waals surface area contributed by atoms with Gasteiger partial charge in [0.2, 0.25) is 0 Å². The van der Waals surface area contributed by atoms with E-state index in [0.29, 0.717) is 5.56 Å². The van der Waals surface area contributed by atoms with Gasteiger partial charge in [0.1, 0.15) is 17.4 Å². The lowest BCUT2D eigenvalue weighted by atomic mass is 10.0. The van der Waals surface area contributed by atoms with Crippen LogP contribution in [0.2, 0.25) is 0 Å². The highest BCUT2D eigenvalue weighted by atomic mass is 19.1. The van der Waals surface area contributed by atoms with Crippen molar-refractivity contribution in [2.75, 3.05) is 7.11 Å². The highest BCUT2D eigenvalue weighted by Gasteiger charge is 2.15. The first-order valence-corrected chi connectivity index (χ1v) is 6.86. The molecule has 0 bridgehead atoms. The van der Waals surface area contributed by atoms with Crippen molar-refractivity contribution >= 4 is 0 Å². The Labute approximate surface area is 123 Å². The summed E-state index contributed by atoms with van der Waals surface area (Å²) < 4.78 is 31.9. The molecule has 0 fully saturated rings. The molecule has 0 aliphatic carbocycles. The lowest BCUT2D eigenvalue weighted by molar-refractivity contribution is 0.396. The smallest absolute Gasteiger partial charge is 0.126 e. The highest BCUT2D eigenvalue weighted by molar-refractivity contribution is 5.35. The first-order valence-electron chi connectivity index (χ1n) is 6.86. The van der Waals surface area contributed by atoms with Crippen molar-refractivity contribution in [3.8, 4) is 5.75 Å². The third kappa shape index (κ3) is 3.79. The molecule has 0 saturated carbocycles. The van der Waals surface area contributed by atoms with Crippen LogP contribution in [0.5, 0.6) is 5.75 Å². The van der Waals surface area contributed by atoms with Crippen LogP contribution in [0.1, 0.15) is 37.1 Å². The third-order valence-electron chi connectivity index (χ3n) is 3.49. The predicted octanol–water partition coefficient (Wildman–Crippen LogP) is 4.39. The van der Waals surface area contributed by atoms with Crippen molar-refractivity contribution in [1.82, 2.24) is 5.32 Å². The van der Waals surface area contributed by atoms with E-state index in [-0.39, 0.29) is 12.1 Å². The zero-order valence-electron chi connectivity index (χ0n) is 12.4. The fourth-order valence-electron chi connectivity index (χ4n) is 2.41. The molecule has 21 heavy (non-hydrogen) atoms. The van der Waals surface area contributed by atoms with Gasteiger partial charge in [-0.15, -0.1) is 0 Å². The number of para-hydroxylation sites is 1. The van der Waals surface area contributed by atoms with Crippen molar-refractivity contribution in [3.63, 3.8) is 0 Å². The summed E-state index contributed by atoms with van der Waals surface area (Å²) in [5.74, 6) is -0.345. The third-order valence-corrected chi connectivity index (χ3v) is 3.49. The Morgan fingerprint density at radius 3 is 2.19 bits per heavy atom. The molecule has 2 atom stereocenters. The SMILES string of the molecule is COc1ccccc1C(C)NC(C)c1cc(F)cc(F)c1. The maximum Gasteiger partial charge on any atom is 0.126 e. The fraction of sp³-hybridized carbons (Fsp3) is 0.294. The van der Waals surface area contributed by atoms with Gasteiger partial charge < -0.3 is 10.1 Å². The molecule has 0 aromatic heterocycles. The van der Waals surface area contributed by atoms with Gasteiger partial charge in [-0.1, -0.05) is 18.2 Å². The summed E-state index contributed by atoms with van der Waals surface area (Å²) in [5.41, 5.74) is 1.58. The molecule has 112 valence electrons. The van der Waals surface area contributed by atoms with Crippen LogP contribution in [-0.4, -0.2) is 7.11 Å². The Hall–Kier alpha value is -1.94. The van der Waals surface area contributed by atoms with Crippen LogP contribution in [0.15, 0.2) is 42.5 Å². The summed E-state index contributed by atoms with van der Waals surface area (Å²) in [5, 5.41) is 3.33. The molecule has 2 aromatic carbocycles. The number of hydrogen-bond donors (Lipinski definition) is 1. The fourth-order valence-corrected chi connectivity index (χ4v) is 2.41. The Morgan fingerprint density at radius 2 is 1.57 bits per heavy atom. The quantitative estimate of drug-likeness (QED) is 0.882. The number of hydrogen-bond acceptors (Lipinski definition) is 2. The Kier molecular flexibility index (Phi) is 4.91. The standard InChI is InChI=1S/C17H19F2NO/c1-11(13-8-14(18)10-15(19)9-13)20-12(2)16-6-4-5-7-17(16)21-3/h4-12,20H,1-3H3. The highest BCUT2D eigenvalue weighted by Crippen LogP contribution is 2.27. The van der Waals surface area contributed by atoms with Gasteiger partial charge in [-0.05, 0) is 37.6 Å². The van der Waals surface area contributed by atoms with E-state index in [9.17, 15) is 8.78 Å². The molecule has 2 rings (SSSR count). The molecule has 0 amide bonds. The zero-order valence-corrected chi connectivity index (χ0v) is 12.4. The molecule has 0 radical (unpaired) electrons. The molecule has 2 unspecified atom stereocenters. The van der Waals surface area contributed by atoms with Gasteiger partial charge in [0.15, 0.2) is 0 Å². The minimum atomic E-state index is -0.566. The number of ether oxygens (including phenoxy) is 1. The van der Waals surface area contributed by atoms with Crippen molar-refractivity contribution in [2.24, 2.45) is 0 Å². The van der Waals surface area contributed by atoms with Crippen molar-refractivity contribution in [3.05, 3.63) is 65.2 Å². The molecule has 1 N–H and O–H groups in total. The summed E-state index contributed by atoms with van der Waals surface area (Å²) in [6.07, 6.45) is 0. The van der Waals surface area contributed by atoms with Gasteiger partial charge in [0.05, 0.1) is 7.11 Å². The van der Waals surface area contributed by atoms with Gasteiger partial charge in [-0.3, -0.25) is 0 Å². The minimum absolute atomic E-state index is 0.0116. The summed E-state index contributed by atoms with van der Waals surface area (Å²) in [4.78, 5) is 0. The molecule has 4 heteroatoms. The Balaban J connectivity index is 2.16. The second-order valence-electron chi connectivity index (χ2n) is 5.05. The monoisotopic (exact) mass is 291 g/mol. The average Bonchev–Trinajstić information content (AvgIpc) is 2.46. The van der Waals surface area contributed by atoms with E-state index in [0.717, 1.165) is 17.4 Å². The number of rotatable bonds is 5. The second kappa shape index (κ2) is 6.68. The van der Waals surface area contributed by atoms with E-state index in [4.69, 9.17) is 4.74 Å². The van der Waals surface area contributed by atoms with E-state index >= 15 is 0 Å². The van der Waals surface area contributed by atoms with E-state index in [2.05, 4.69) is 5.32 Å². The number of nitrogens with one attached hydrogen (secondary N) is 1. The second-order valence-corrected chi connectivity index (χ2v) is 5.05. The van der Waals surface area contributed by atoms with Gasteiger partial charge in [-0.2, -0.15) is 0 Å². The molecule has 0 heterocycles. The Morgan fingerprint density at radius 1 is 0.952 bits per heavy atom. The molecular weight excluding hydrogens is 272 g/mol. The average molecular weight is 291 g/mol. The lowest BCUT2D eigenvalue weighted by Crippen LogP contribution is -2.23. The zero-order chi connectivity index (χ0) is 15.4. The van der Waals surface area contributed by atoms with Crippen LogP contribution in [0.25, 0.3) is 0 Å². The maximum atomic E-state index is 13.3. The lowest BCUT2D eigenvalue weighted by Gasteiger charge is -2.22. The predicted molar refractivity (Wildman–Crippen MR) is 79.3 cm³/mol. The first-order chi connectivity index (χ1) is 10.0. The largest absolute Gasteiger partial charge is 0.496 e. The van der Waals surface area contributed by atoms with Crippen LogP contribution in [-0.2, 0) is 0 Å². The molecule has 0 spiro atoms. The summed E-state index contributed by atoms with van der Waals surface area (Å²) in [7, 11) is 1.62. The normalized spacial score (nSPS) is 13.8. The maximum absolute atomic E-state index is 13.3. The van der Waals surface area contributed by atoms with Gasteiger partial charge in [0, 0.05) is 23.7 Å². The van der Waals surface area contributed by atoms with Gasteiger partial charge >= 0.3 is 0 Å². The van der Waals surface area contributed by atoms with E-state index in [1.807, 2.05) is 38.1 Å². The summed E-state index contributed by atoms with van der Waals surface area (Å²) in [6, 6.07) is 11.1. The van der Waals surface area contributed by atoms with Crippen LogP contribution >= 0.6 is 0 Å². The summed E-state index contributed by atoms with van der Waals surface area (Å²) >= 11 is 0. The topological polar surface area (TPSA) is 21.3 Å². The van der Waals surface area contributed by atoms with Crippen LogP contribution in [0, 0.1) is 11.6 Å². The van der Waals surface area contributed by atoms with E-state index in [1.165, 1.54) is 12.1 Å².